The summed E-state index contributed by atoms with van der Waals surface area (Å²) in [6.07, 6.45) is 4.70. The van der Waals surface area contributed by atoms with Crippen LogP contribution in [-0.2, 0) is 9.53 Å². The van der Waals surface area contributed by atoms with Crippen LogP contribution in [0.15, 0.2) is 4.99 Å². The minimum Gasteiger partial charge on any atom is -0.379 e. The van der Waals surface area contributed by atoms with Crippen LogP contribution in [0.25, 0.3) is 0 Å². The molecule has 1 saturated carbocycles. The molecule has 0 spiro atoms. The number of carbonyl (C=O) groups is 1. The van der Waals surface area contributed by atoms with E-state index in [0.29, 0.717) is 12.6 Å². The van der Waals surface area contributed by atoms with Gasteiger partial charge in [0.05, 0.1) is 13.2 Å². The van der Waals surface area contributed by atoms with Crippen molar-refractivity contribution in [3.8, 4) is 0 Å². The molecule has 0 unspecified atom stereocenters. The van der Waals surface area contributed by atoms with Gasteiger partial charge >= 0.3 is 0 Å². The number of guanidine groups is 1. The van der Waals surface area contributed by atoms with Crippen LogP contribution in [0, 0.1) is 5.92 Å². The van der Waals surface area contributed by atoms with Crippen molar-refractivity contribution in [1.29, 1.82) is 0 Å². The number of ether oxygens (including phenoxy) is 1. The van der Waals surface area contributed by atoms with Crippen LogP contribution in [-0.4, -0.2) is 76.3 Å². The molecule has 132 valence electrons. The molecule has 1 aliphatic heterocycles. The number of amides is 1. The molecule has 0 bridgehead atoms. The zero-order valence-electron chi connectivity index (χ0n) is 14.4. The van der Waals surface area contributed by atoms with E-state index in [0.717, 1.165) is 57.6 Å². The molecule has 1 aliphatic carbocycles. The summed E-state index contributed by atoms with van der Waals surface area (Å²) in [4.78, 5) is 17.9. The summed E-state index contributed by atoms with van der Waals surface area (Å²) in [5.41, 5.74) is 0. The highest BCUT2D eigenvalue weighted by molar-refractivity contribution is 5.80. The first kappa shape index (κ1) is 18.0. The van der Waals surface area contributed by atoms with Gasteiger partial charge in [-0.2, -0.15) is 0 Å². The Kier molecular flexibility index (Phi) is 7.61. The molecule has 23 heavy (non-hydrogen) atoms. The number of hydrogen-bond donors (Lipinski definition) is 3. The first-order valence-corrected chi connectivity index (χ1v) is 8.69. The van der Waals surface area contributed by atoms with Gasteiger partial charge in [-0.3, -0.25) is 14.7 Å². The highest BCUT2D eigenvalue weighted by Crippen LogP contribution is 2.28. The van der Waals surface area contributed by atoms with Gasteiger partial charge in [0.2, 0.25) is 5.91 Å². The fourth-order valence-corrected chi connectivity index (χ4v) is 2.68. The van der Waals surface area contributed by atoms with Gasteiger partial charge in [0.15, 0.2) is 5.96 Å². The van der Waals surface area contributed by atoms with E-state index in [-0.39, 0.29) is 5.91 Å². The minimum atomic E-state index is 0.0834. The molecule has 2 rings (SSSR count). The summed E-state index contributed by atoms with van der Waals surface area (Å²) < 4.78 is 5.61. The van der Waals surface area contributed by atoms with Crippen LogP contribution in [0.4, 0.5) is 0 Å². The molecular weight excluding hydrogens is 294 g/mol. The van der Waals surface area contributed by atoms with E-state index in [9.17, 15) is 4.79 Å². The molecule has 3 N–H and O–H groups in total. The van der Waals surface area contributed by atoms with Gasteiger partial charge in [-0.25, -0.2) is 0 Å². The summed E-state index contributed by atoms with van der Waals surface area (Å²) in [5.74, 6) is 1.73. The summed E-state index contributed by atoms with van der Waals surface area (Å²) in [6, 6.07) is 0.412. The average molecular weight is 325 g/mol. The quantitative estimate of drug-likeness (QED) is 0.327. The minimum absolute atomic E-state index is 0.0834. The van der Waals surface area contributed by atoms with E-state index in [2.05, 4.69) is 25.8 Å². The predicted molar refractivity (Wildman–Crippen MR) is 91.6 cm³/mol. The molecule has 0 aromatic heterocycles. The predicted octanol–water partition coefficient (Wildman–Crippen LogP) is -0.212. The Bertz CT molecular complexity index is 390. The number of carbonyl (C=O) groups excluding carboxylic acids is 1. The van der Waals surface area contributed by atoms with E-state index in [1.807, 2.05) is 0 Å². The second kappa shape index (κ2) is 9.72. The van der Waals surface area contributed by atoms with Crippen molar-refractivity contribution in [1.82, 2.24) is 20.9 Å². The number of likely N-dealkylation sites (N-methyl/N-ethyl adjacent to an activating group) is 1. The topological polar surface area (TPSA) is 78.0 Å². The zero-order chi connectivity index (χ0) is 16.5. The molecule has 1 amide bonds. The fourth-order valence-electron chi connectivity index (χ4n) is 2.68. The highest BCUT2D eigenvalue weighted by atomic mass is 16.5. The van der Waals surface area contributed by atoms with Crippen LogP contribution >= 0.6 is 0 Å². The Morgan fingerprint density at radius 3 is 2.61 bits per heavy atom. The summed E-state index contributed by atoms with van der Waals surface area (Å²) in [7, 11) is 3.47. The molecular formula is C16H31N5O2. The third-order valence-electron chi connectivity index (χ3n) is 4.39. The van der Waals surface area contributed by atoms with Crippen molar-refractivity contribution in [2.75, 3.05) is 53.5 Å². The molecule has 1 saturated heterocycles. The summed E-state index contributed by atoms with van der Waals surface area (Å²) in [6.45, 7) is 4.77. The summed E-state index contributed by atoms with van der Waals surface area (Å²) >= 11 is 0. The van der Waals surface area contributed by atoms with E-state index >= 15 is 0 Å². The van der Waals surface area contributed by atoms with Crippen molar-refractivity contribution in [2.45, 2.75) is 31.7 Å². The van der Waals surface area contributed by atoms with Crippen molar-refractivity contribution in [3.05, 3.63) is 0 Å². The van der Waals surface area contributed by atoms with Gasteiger partial charge < -0.3 is 20.7 Å². The average Bonchev–Trinajstić information content (AvgIpc) is 3.39. The van der Waals surface area contributed by atoms with Gasteiger partial charge in [-0.05, 0) is 31.6 Å². The molecule has 0 atom stereocenters. The second-order valence-corrected chi connectivity index (χ2v) is 6.39. The van der Waals surface area contributed by atoms with Gasteiger partial charge in [0.25, 0.3) is 0 Å². The maximum atomic E-state index is 11.4. The van der Waals surface area contributed by atoms with Crippen LogP contribution in [0.2, 0.25) is 0 Å². The number of nitrogens with zero attached hydrogens (tertiary/aromatic N) is 2. The largest absolute Gasteiger partial charge is 0.379 e. The fraction of sp³-hybridized carbons (Fsp3) is 0.875. The summed E-state index contributed by atoms with van der Waals surface area (Å²) in [5, 5.41) is 9.43. The standard InChI is InChI=1S/C16H31N5O2/c1-17-15(22)11-21-8-5-14(6-9-21)20-16(18-2)19-7-10-23-12-13-3-4-13/h13-14H,3-12H2,1-2H3,(H,17,22)(H2,18,19,20). The first-order valence-electron chi connectivity index (χ1n) is 8.69. The van der Waals surface area contributed by atoms with Crippen molar-refractivity contribution >= 4 is 11.9 Å². The lowest BCUT2D eigenvalue weighted by molar-refractivity contribution is -0.122. The molecule has 2 fully saturated rings. The van der Waals surface area contributed by atoms with E-state index in [1.54, 1.807) is 14.1 Å². The maximum Gasteiger partial charge on any atom is 0.233 e. The molecule has 2 aliphatic rings. The SMILES string of the molecule is CN=C(NCCOCC1CC1)NC1CCN(CC(=O)NC)CC1. The van der Waals surface area contributed by atoms with Crippen LogP contribution in [0.1, 0.15) is 25.7 Å². The first-order chi connectivity index (χ1) is 11.2. The van der Waals surface area contributed by atoms with Crippen LogP contribution in [0.5, 0.6) is 0 Å². The molecule has 0 aromatic rings. The second-order valence-electron chi connectivity index (χ2n) is 6.39. The van der Waals surface area contributed by atoms with E-state index < -0.39 is 0 Å². The molecule has 0 radical (unpaired) electrons. The number of nitrogens with one attached hydrogen (secondary N) is 3. The highest BCUT2D eigenvalue weighted by Gasteiger charge is 2.22. The van der Waals surface area contributed by atoms with Gasteiger partial charge in [-0.1, -0.05) is 0 Å². The Labute approximate surface area is 139 Å². The molecule has 7 nitrogen and oxygen atoms in total. The lowest BCUT2D eigenvalue weighted by Crippen LogP contribution is -2.50. The Hall–Kier alpha value is -1.34. The number of piperidine rings is 1. The van der Waals surface area contributed by atoms with Crippen molar-refractivity contribution in [2.24, 2.45) is 10.9 Å². The number of hydrogen-bond acceptors (Lipinski definition) is 4. The maximum absolute atomic E-state index is 11.4. The lowest BCUT2D eigenvalue weighted by Gasteiger charge is -2.32. The molecule has 1 heterocycles. The zero-order valence-corrected chi connectivity index (χ0v) is 14.4. The van der Waals surface area contributed by atoms with Gasteiger partial charge in [0.1, 0.15) is 0 Å². The third-order valence-corrected chi connectivity index (χ3v) is 4.39. The Morgan fingerprint density at radius 2 is 2.00 bits per heavy atom. The smallest absolute Gasteiger partial charge is 0.233 e. The van der Waals surface area contributed by atoms with Crippen LogP contribution in [0.3, 0.4) is 0 Å². The third kappa shape index (κ3) is 7.18. The van der Waals surface area contributed by atoms with Crippen LogP contribution < -0.4 is 16.0 Å². The van der Waals surface area contributed by atoms with Gasteiger partial charge in [-0.15, -0.1) is 0 Å². The number of aliphatic imine (C=N–C) groups is 1. The molecule has 7 heteroatoms. The monoisotopic (exact) mass is 325 g/mol. The lowest BCUT2D eigenvalue weighted by atomic mass is 10.1. The van der Waals surface area contributed by atoms with E-state index in [4.69, 9.17) is 4.74 Å². The Morgan fingerprint density at radius 1 is 1.26 bits per heavy atom. The number of rotatable bonds is 8. The molecule has 0 aromatic carbocycles. The van der Waals surface area contributed by atoms with Crippen molar-refractivity contribution in [3.63, 3.8) is 0 Å². The number of likely N-dealkylation sites (tertiary alicyclic amines) is 1. The van der Waals surface area contributed by atoms with Crippen molar-refractivity contribution < 1.29 is 9.53 Å². The van der Waals surface area contributed by atoms with E-state index in [1.165, 1.54) is 12.8 Å². The van der Waals surface area contributed by atoms with Gasteiger partial charge in [0, 0.05) is 46.4 Å². The Balaban J connectivity index is 1.56. The normalized spacial score (nSPS) is 20.3.